The quantitative estimate of drug-likeness (QED) is 0.399. The average molecular weight is 91.9 g/mol. The summed E-state index contributed by atoms with van der Waals surface area (Å²) >= 11 is 0. The Bertz CT molecular complexity index is 6.00. The van der Waals surface area contributed by atoms with Crippen LogP contribution in [0.2, 0.25) is 0 Å². The van der Waals surface area contributed by atoms with Gasteiger partial charge in [-0.05, 0) is 0 Å². The van der Waals surface area contributed by atoms with Crippen LogP contribution < -0.4 is 0 Å². The summed E-state index contributed by atoms with van der Waals surface area (Å²) in [7, 11) is 0. The molecular formula is C2H6NTi-. The van der Waals surface area contributed by atoms with Crippen LogP contribution in [0.25, 0.3) is 5.73 Å². The van der Waals surface area contributed by atoms with Crippen molar-refractivity contribution in [2.24, 2.45) is 0 Å². The van der Waals surface area contributed by atoms with Crippen LogP contribution in [-0.4, -0.2) is 6.54 Å². The van der Waals surface area contributed by atoms with Crippen LogP contribution in [0, 0.1) is 0 Å². The van der Waals surface area contributed by atoms with Gasteiger partial charge in [-0.3, -0.25) is 0 Å². The molecule has 0 spiro atoms. The summed E-state index contributed by atoms with van der Waals surface area (Å²) in [5.74, 6) is 0. The first-order chi connectivity index (χ1) is 1.41. The van der Waals surface area contributed by atoms with Gasteiger partial charge in [0, 0.05) is 21.7 Å². The topological polar surface area (TPSA) is 23.8 Å². The molecule has 0 aromatic rings. The second kappa shape index (κ2) is 9.37. The van der Waals surface area contributed by atoms with Gasteiger partial charge in [0.05, 0.1) is 0 Å². The molecule has 0 aliphatic heterocycles. The van der Waals surface area contributed by atoms with Gasteiger partial charge in [0.25, 0.3) is 0 Å². The smallest absolute Gasteiger partial charge is 0 e. The van der Waals surface area contributed by atoms with Crippen molar-refractivity contribution < 1.29 is 21.7 Å². The largest absolute Gasteiger partial charge is 0.678 e. The normalized spacial score (nSPS) is 4.50. The molecule has 0 aromatic heterocycles. The van der Waals surface area contributed by atoms with Crippen molar-refractivity contribution in [3.63, 3.8) is 0 Å². The second-order valence-electron chi connectivity index (χ2n) is 0.354. The molecule has 0 aromatic carbocycles. The van der Waals surface area contributed by atoms with Gasteiger partial charge in [-0.1, -0.05) is 6.92 Å². The van der Waals surface area contributed by atoms with Gasteiger partial charge in [0.15, 0.2) is 0 Å². The van der Waals surface area contributed by atoms with Crippen LogP contribution in [0.4, 0.5) is 0 Å². The first-order valence-electron chi connectivity index (χ1n) is 1.06. The molecule has 4 heavy (non-hydrogen) atoms. The maximum absolute atomic E-state index is 6.21. The van der Waals surface area contributed by atoms with E-state index < -0.39 is 0 Å². The van der Waals surface area contributed by atoms with Crippen LogP contribution in [0.1, 0.15) is 6.92 Å². The minimum atomic E-state index is 0. The van der Waals surface area contributed by atoms with Crippen molar-refractivity contribution in [3.05, 3.63) is 5.73 Å². The third kappa shape index (κ3) is 16.5. The van der Waals surface area contributed by atoms with Crippen LogP contribution >= 0.6 is 0 Å². The SMILES string of the molecule is CC[NH-].[Ti]. The summed E-state index contributed by atoms with van der Waals surface area (Å²) in [5, 5.41) is 0. The first-order valence-corrected chi connectivity index (χ1v) is 1.06. The van der Waals surface area contributed by atoms with Crippen molar-refractivity contribution in [1.29, 1.82) is 0 Å². The fourth-order valence-electron chi connectivity index (χ4n) is 0. The molecule has 2 heteroatoms. The zero-order valence-corrected chi connectivity index (χ0v) is 4.27. The molecule has 0 radical (unpaired) electrons. The molecule has 0 amide bonds. The molecule has 24 valence electrons. The molecule has 0 saturated heterocycles. The van der Waals surface area contributed by atoms with E-state index in [1.807, 2.05) is 0 Å². The Balaban J connectivity index is 0. The van der Waals surface area contributed by atoms with Crippen LogP contribution in [0.3, 0.4) is 0 Å². The molecule has 0 aliphatic carbocycles. The third-order valence-electron chi connectivity index (χ3n) is 0. The fraction of sp³-hybridized carbons (Fsp3) is 1.00. The molecular weight excluding hydrogens is 85.9 g/mol. The zero-order valence-electron chi connectivity index (χ0n) is 2.71. The molecule has 0 aliphatic rings. The van der Waals surface area contributed by atoms with Gasteiger partial charge in [0.1, 0.15) is 0 Å². The summed E-state index contributed by atoms with van der Waals surface area (Å²) in [4.78, 5) is 0. The summed E-state index contributed by atoms with van der Waals surface area (Å²) in [6, 6.07) is 0. The Labute approximate surface area is 41.5 Å². The van der Waals surface area contributed by atoms with Gasteiger partial charge >= 0.3 is 0 Å². The van der Waals surface area contributed by atoms with Crippen molar-refractivity contribution in [2.75, 3.05) is 6.54 Å². The maximum atomic E-state index is 6.21. The van der Waals surface area contributed by atoms with E-state index in [0.717, 1.165) is 0 Å². The predicted molar refractivity (Wildman–Crippen MR) is 14.9 cm³/mol. The molecule has 1 nitrogen and oxygen atoms in total. The molecule has 1 N–H and O–H groups in total. The van der Waals surface area contributed by atoms with Gasteiger partial charge in [-0.15, -0.1) is 0 Å². The Morgan fingerprint density at radius 3 is 1.75 bits per heavy atom. The van der Waals surface area contributed by atoms with Crippen LogP contribution in [0.5, 0.6) is 0 Å². The van der Waals surface area contributed by atoms with E-state index in [4.69, 9.17) is 5.73 Å². The first kappa shape index (κ1) is 8.82. The number of hydrogen-bond acceptors (Lipinski definition) is 0. The number of rotatable bonds is 0. The maximum Gasteiger partial charge on any atom is 0 e. The van der Waals surface area contributed by atoms with E-state index in [1.165, 1.54) is 0 Å². The van der Waals surface area contributed by atoms with Gasteiger partial charge < -0.3 is 5.73 Å². The Hall–Kier alpha value is 0.674. The van der Waals surface area contributed by atoms with E-state index in [2.05, 4.69) is 0 Å². The van der Waals surface area contributed by atoms with E-state index in [0.29, 0.717) is 6.54 Å². The zero-order chi connectivity index (χ0) is 2.71. The van der Waals surface area contributed by atoms with E-state index in [9.17, 15) is 0 Å². The third-order valence-corrected chi connectivity index (χ3v) is 0. The molecule has 0 atom stereocenters. The molecule has 0 heterocycles. The summed E-state index contributed by atoms with van der Waals surface area (Å²) in [5.41, 5.74) is 6.21. The molecule has 0 saturated carbocycles. The fourth-order valence-corrected chi connectivity index (χ4v) is 0. The second-order valence-corrected chi connectivity index (χ2v) is 0.354. The van der Waals surface area contributed by atoms with Crippen LogP contribution in [-0.2, 0) is 21.7 Å². The molecule has 0 unspecified atom stereocenters. The summed E-state index contributed by atoms with van der Waals surface area (Å²) in [6.45, 7) is 2.29. The minimum absolute atomic E-state index is 0. The molecule has 0 rings (SSSR count). The Kier molecular flexibility index (Phi) is 20.7. The van der Waals surface area contributed by atoms with Gasteiger partial charge in [0.2, 0.25) is 0 Å². The Morgan fingerprint density at radius 2 is 1.75 bits per heavy atom. The molecule has 0 bridgehead atoms. The van der Waals surface area contributed by atoms with Crippen LogP contribution in [0.15, 0.2) is 0 Å². The van der Waals surface area contributed by atoms with Crippen molar-refractivity contribution in [2.45, 2.75) is 6.92 Å². The number of nitrogens with one attached hydrogen (secondary N) is 1. The van der Waals surface area contributed by atoms with Crippen molar-refractivity contribution in [1.82, 2.24) is 0 Å². The molecule has 0 fully saturated rings. The monoisotopic (exact) mass is 92.0 g/mol. The van der Waals surface area contributed by atoms with Crippen molar-refractivity contribution in [3.8, 4) is 0 Å². The van der Waals surface area contributed by atoms with Gasteiger partial charge in [-0.2, -0.15) is 6.54 Å². The average Bonchev–Trinajstić information content (AvgIpc) is 0.918. The Morgan fingerprint density at radius 1 is 1.75 bits per heavy atom. The summed E-state index contributed by atoms with van der Waals surface area (Å²) in [6.07, 6.45) is 0. The van der Waals surface area contributed by atoms with E-state index in [1.54, 1.807) is 6.92 Å². The predicted octanol–water partition coefficient (Wildman–Crippen LogP) is 1.06. The van der Waals surface area contributed by atoms with E-state index in [-0.39, 0.29) is 21.7 Å². The number of hydrogen-bond donors (Lipinski definition) is 0. The van der Waals surface area contributed by atoms with E-state index >= 15 is 0 Å². The van der Waals surface area contributed by atoms with Crippen molar-refractivity contribution >= 4 is 0 Å². The minimum Gasteiger partial charge on any atom is -0.678 e. The van der Waals surface area contributed by atoms with Gasteiger partial charge in [-0.25, -0.2) is 0 Å². The summed E-state index contributed by atoms with van der Waals surface area (Å²) < 4.78 is 0. The standard InChI is InChI=1S/C2H6N.Ti/c1-2-3;/h3H,2H2,1H3;/q-1;.